The summed E-state index contributed by atoms with van der Waals surface area (Å²) >= 11 is 1.69. The van der Waals surface area contributed by atoms with E-state index in [-0.39, 0.29) is 0 Å². The van der Waals surface area contributed by atoms with Crippen LogP contribution in [0.2, 0.25) is 0 Å². The first-order valence-electron chi connectivity index (χ1n) is 6.23. The molecule has 1 aliphatic carbocycles. The molecule has 2 heterocycles. The van der Waals surface area contributed by atoms with Crippen LogP contribution in [0, 0.1) is 5.92 Å². The molecule has 92 valence electrons. The van der Waals surface area contributed by atoms with E-state index in [1.54, 1.807) is 11.3 Å². The van der Waals surface area contributed by atoms with Crippen LogP contribution in [0.4, 0.5) is 0 Å². The van der Waals surface area contributed by atoms with E-state index in [0.29, 0.717) is 6.04 Å². The zero-order chi connectivity index (χ0) is 12.0. The van der Waals surface area contributed by atoms with Crippen molar-refractivity contribution in [3.8, 4) is 0 Å². The Labute approximate surface area is 105 Å². The van der Waals surface area contributed by atoms with E-state index in [0.717, 1.165) is 24.4 Å². The highest BCUT2D eigenvalue weighted by Crippen LogP contribution is 2.41. The molecule has 2 unspecified atom stereocenters. The number of hydrogen-bond donors (Lipinski definition) is 1. The third-order valence-corrected chi connectivity index (χ3v) is 5.06. The lowest BCUT2D eigenvalue weighted by atomic mass is 9.97. The zero-order valence-corrected chi connectivity index (χ0v) is 10.7. The van der Waals surface area contributed by atoms with E-state index in [9.17, 15) is 9.90 Å². The van der Waals surface area contributed by atoms with Gasteiger partial charge < -0.3 is 5.11 Å². The van der Waals surface area contributed by atoms with Crippen molar-refractivity contribution in [2.75, 3.05) is 6.54 Å². The van der Waals surface area contributed by atoms with Crippen LogP contribution >= 0.6 is 11.3 Å². The molecule has 2 atom stereocenters. The average molecular weight is 251 g/mol. The number of thiophene rings is 1. The Morgan fingerprint density at radius 3 is 3.00 bits per heavy atom. The first-order valence-corrected chi connectivity index (χ1v) is 7.11. The Morgan fingerprint density at radius 1 is 1.59 bits per heavy atom. The molecule has 1 saturated carbocycles. The minimum Gasteiger partial charge on any atom is -0.480 e. The Morgan fingerprint density at radius 2 is 2.35 bits per heavy atom. The third kappa shape index (κ3) is 1.89. The maximum atomic E-state index is 11.5. The summed E-state index contributed by atoms with van der Waals surface area (Å²) in [6, 6.07) is 1.98. The molecule has 0 radical (unpaired) electrons. The second-order valence-electron chi connectivity index (χ2n) is 5.11. The number of nitrogens with zero attached hydrogens (tertiary/aromatic N) is 1. The lowest BCUT2D eigenvalue weighted by molar-refractivity contribution is -0.145. The van der Waals surface area contributed by atoms with Gasteiger partial charge in [0.25, 0.3) is 0 Å². The molecule has 0 saturated heterocycles. The highest BCUT2D eigenvalue weighted by atomic mass is 32.1. The van der Waals surface area contributed by atoms with Gasteiger partial charge in [-0.3, -0.25) is 9.69 Å². The summed E-state index contributed by atoms with van der Waals surface area (Å²) in [5.74, 6) is 0.0221. The van der Waals surface area contributed by atoms with Gasteiger partial charge in [-0.05, 0) is 49.1 Å². The Hall–Kier alpha value is -0.870. The van der Waals surface area contributed by atoms with Crippen LogP contribution in [0.25, 0.3) is 0 Å². The minimum absolute atomic E-state index is 0.407. The summed E-state index contributed by atoms with van der Waals surface area (Å²) in [7, 11) is 0. The van der Waals surface area contributed by atoms with Crippen molar-refractivity contribution >= 4 is 17.3 Å². The Bertz CT molecular complexity index is 438. The summed E-state index contributed by atoms with van der Waals surface area (Å²) in [5.41, 5.74) is 1.03. The van der Waals surface area contributed by atoms with Crippen LogP contribution in [0.5, 0.6) is 0 Å². The second-order valence-corrected chi connectivity index (χ2v) is 6.11. The summed E-state index contributed by atoms with van der Waals surface area (Å²) in [4.78, 5) is 15.0. The average Bonchev–Trinajstić information content (AvgIpc) is 3.04. The molecule has 3 nitrogen and oxygen atoms in total. The molecular weight excluding hydrogens is 234 g/mol. The molecule has 1 N–H and O–H groups in total. The van der Waals surface area contributed by atoms with Gasteiger partial charge in [0.1, 0.15) is 6.04 Å². The zero-order valence-electron chi connectivity index (χ0n) is 9.93. The molecule has 4 heteroatoms. The smallest absolute Gasteiger partial charge is 0.325 e. The maximum Gasteiger partial charge on any atom is 0.325 e. The Balaban J connectivity index is 1.92. The summed E-state index contributed by atoms with van der Waals surface area (Å²) in [6.45, 7) is 3.08. The highest BCUT2D eigenvalue weighted by molar-refractivity contribution is 7.10. The van der Waals surface area contributed by atoms with Gasteiger partial charge in [0.2, 0.25) is 0 Å². The van der Waals surface area contributed by atoms with Gasteiger partial charge in [0.15, 0.2) is 0 Å². The standard InChI is InChI=1S/C13H17NO2S/c1-8(9-2-3-9)14-6-4-11-10(5-7-17-11)12(14)13(15)16/h5,7-9,12H,2-4,6H2,1H3,(H,15,16). The van der Waals surface area contributed by atoms with Crippen molar-refractivity contribution < 1.29 is 9.90 Å². The second kappa shape index (κ2) is 4.10. The Kier molecular flexibility index (Phi) is 2.71. The van der Waals surface area contributed by atoms with E-state index in [1.807, 2.05) is 11.4 Å². The summed E-state index contributed by atoms with van der Waals surface area (Å²) in [5, 5.41) is 11.5. The molecule has 17 heavy (non-hydrogen) atoms. The molecule has 1 aromatic rings. The number of carbonyl (C=O) groups is 1. The molecule has 1 aromatic heterocycles. The maximum absolute atomic E-state index is 11.5. The fourth-order valence-electron chi connectivity index (χ4n) is 2.90. The molecule has 1 fully saturated rings. The molecule has 2 aliphatic rings. The molecule has 0 aromatic carbocycles. The van der Waals surface area contributed by atoms with Gasteiger partial charge in [-0.15, -0.1) is 11.3 Å². The summed E-state index contributed by atoms with van der Waals surface area (Å²) < 4.78 is 0. The molecule has 1 aliphatic heterocycles. The van der Waals surface area contributed by atoms with E-state index < -0.39 is 12.0 Å². The number of hydrogen-bond acceptors (Lipinski definition) is 3. The fraction of sp³-hybridized carbons (Fsp3) is 0.615. The van der Waals surface area contributed by atoms with Gasteiger partial charge in [-0.1, -0.05) is 0 Å². The topological polar surface area (TPSA) is 40.5 Å². The van der Waals surface area contributed by atoms with Crippen LogP contribution in [-0.2, 0) is 11.2 Å². The molecule has 0 bridgehead atoms. The normalized spacial score (nSPS) is 26.5. The number of carboxylic acids is 1. The number of rotatable bonds is 3. The molecule has 3 rings (SSSR count). The molecular formula is C13H17NO2S. The van der Waals surface area contributed by atoms with Crippen molar-refractivity contribution in [3.05, 3.63) is 21.9 Å². The van der Waals surface area contributed by atoms with Crippen molar-refractivity contribution in [1.29, 1.82) is 0 Å². The predicted octanol–water partition coefficient (Wildman–Crippen LogP) is 2.53. The first kappa shape index (κ1) is 11.2. The van der Waals surface area contributed by atoms with Crippen LogP contribution in [-0.4, -0.2) is 28.6 Å². The van der Waals surface area contributed by atoms with Gasteiger partial charge in [-0.2, -0.15) is 0 Å². The molecule has 0 spiro atoms. The SMILES string of the molecule is CC(C1CC1)N1CCc2sccc2C1C(=O)O. The van der Waals surface area contributed by atoms with Gasteiger partial charge in [0, 0.05) is 17.5 Å². The van der Waals surface area contributed by atoms with E-state index in [2.05, 4.69) is 11.8 Å². The molecule has 0 amide bonds. The first-order chi connectivity index (χ1) is 8.18. The minimum atomic E-state index is -0.697. The number of fused-ring (bicyclic) bond motifs is 1. The number of carboxylic acid groups (broad SMARTS) is 1. The van der Waals surface area contributed by atoms with Crippen molar-refractivity contribution in [3.63, 3.8) is 0 Å². The largest absolute Gasteiger partial charge is 0.480 e. The van der Waals surface area contributed by atoms with Crippen LogP contribution in [0.3, 0.4) is 0 Å². The summed E-state index contributed by atoms with van der Waals surface area (Å²) in [6.07, 6.45) is 3.54. The predicted molar refractivity (Wildman–Crippen MR) is 67.3 cm³/mol. The van der Waals surface area contributed by atoms with Gasteiger partial charge in [0.05, 0.1) is 0 Å². The van der Waals surface area contributed by atoms with Crippen molar-refractivity contribution in [1.82, 2.24) is 4.90 Å². The number of aliphatic carboxylic acids is 1. The quantitative estimate of drug-likeness (QED) is 0.897. The lowest BCUT2D eigenvalue weighted by Crippen LogP contribution is -2.45. The fourth-order valence-corrected chi connectivity index (χ4v) is 3.80. The van der Waals surface area contributed by atoms with E-state index in [4.69, 9.17) is 0 Å². The van der Waals surface area contributed by atoms with Gasteiger partial charge >= 0.3 is 5.97 Å². The lowest BCUT2D eigenvalue weighted by Gasteiger charge is -2.37. The highest BCUT2D eigenvalue weighted by Gasteiger charge is 2.41. The van der Waals surface area contributed by atoms with E-state index >= 15 is 0 Å². The van der Waals surface area contributed by atoms with Crippen LogP contribution < -0.4 is 0 Å². The van der Waals surface area contributed by atoms with Crippen molar-refractivity contribution in [2.45, 2.75) is 38.3 Å². The van der Waals surface area contributed by atoms with Crippen molar-refractivity contribution in [2.24, 2.45) is 5.92 Å². The van der Waals surface area contributed by atoms with Crippen LogP contribution in [0.1, 0.15) is 36.2 Å². The van der Waals surface area contributed by atoms with Crippen LogP contribution in [0.15, 0.2) is 11.4 Å². The monoisotopic (exact) mass is 251 g/mol. The third-order valence-electron chi connectivity index (χ3n) is 4.06. The van der Waals surface area contributed by atoms with E-state index in [1.165, 1.54) is 17.7 Å². The van der Waals surface area contributed by atoms with Gasteiger partial charge in [-0.25, -0.2) is 0 Å².